The minimum Gasteiger partial charge on any atom is -0.375 e. The number of rotatable bonds is 9. The number of carbonyl (C=O) groups excluding carboxylic acids is 1. The molecule has 0 spiro atoms. The number of amides is 1. The summed E-state index contributed by atoms with van der Waals surface area (Å²) in [7, 11) is -3.39. The van der Waals surface area contributed by atoms with E-state index in [-0.39, 0.29) is 29.4 Å². The summed E-state index contributed by atoms with van der Waals surface area (Å²) in [6.07, 6.45) is 2.02. The quantitative estimate of drug-likeness (QED) is 0.404. The molecule has 202 valence electrons. The fourth-order valence-electron chi connectivity index (χ4n) is 4.64. The minimum absolute atomic E-state index is 0.0402. The summed E-state index contributed by atoms with van der Waals surface area (Å²) < 4.78 is 58.4. The van der Waals surface area contributed by atoms with E-state index in [4.69, 9.17) is 4.74 Å². The lowest BCUT2D eigenvalue weighted by Crippen LogP contribution is -2.44. The van der Waals surface area contributed by atoms with E-state index in [0.29, 0.717) is 48.4 Å². The number of benzene rings is 3. The number of anilines is 1. The molecular formula is C29H32F2N2O4S. The van der Waals surface area contributed by atoms with Crippen molar-refractivity contribution in [3.63, 3.8) is 0 Å². The molecule has 3 aromatic rings. The first-order chi connectivity index (χ1) is 18.1. The fraction of sp³-hybridized carbons (Fsp3) is 0.345. The molecule has 1 saturated heterocycles. The van der Waals surface area contributed by atoms with Crippen molar-refractivity contribution in [1.29, 1.82) is 0 Å². The lowest BCUT2D eigenvalue weighted by Gasteiger charge is -2.28. The first-order valence-electron chi connectivity index (χ1n) is 12.6. The number of halogens is 2. The molecule has 0 radical (unpaired) electrons. The van der Waals surface area contributed by atoms with E-state index in [2.05, 4.69) is 10.6 Å². The molecule has 9 heteroatoms. The third-order valence-corrected chi connectivity index (χ3v) is 7.86. The van der Waals surface area contributed by atoms with Crippen molar-refractivity contribution in [2.75, 3.05) is 24.7 Å². The van der Waals surface area contributed by atoms with Crippen LogP contribution in [0.15, 0.2) is 71.6 Å². The fourth-order valence-corrected chi connectivity index (χ4v) is 5.27. The van der Waals surface area contributed by atoms with Gasteiger partial charge in [-0.3, -0.25) is 4.79 Å². The van der Waals surface area contributed by atoms with Gasteiger partial charge in [0.05, 0.1) is 17.6 Å². The largest absolute Gasteiger partial charge is 0.375 e. The van der Waals surface area contributed by atoms with Crippen molar-refractivity contribution in [3.8, 4) is 0 Å². The molecule has 0 bridgehead atoms. The number of morpholine rings is 1. The predicted molar refractivity (Wildman–Crippen MR) is 143 cm³/mol. The van der Waals surface area contributed by atoms with Gasteiger partial charge in [-0.15, -0.1) is 0 Å². The van der Waals surface area contributed by atoms with Crippen LogP contribution >= 0.6 is 0 Å². The number of hydrogen-bond acceptors (Lipinski definition) is 5. The maximum atomic E-state index is 14.8. The van der Waals surface area contributed by atoms with E-state index in [1.165, 1.54) is 30.3 Å². The van der Waals surface area contributed by atoms with Crippen molar-refractivity contribution in [2.24, 2.45) is 0 Å². The third kappa shape index (κ3) is 7.24. The summed E-state index contributed by atoms with van der Waals surface area (Å²) in [5.41, 5.74) is 2.03. The Balaban J connectivity index is 1.53. The Morgan fingerprint density at radius 1 is 1.08 bits per heavy atom. The second kappa shape index (κ2) is 12.1. The van der Waals surface area contributed by atoms with Gasteiger partial charge in [0, 0.05) is 42.4 Å². The van der Waals surface area contributed by atoms with Crippen molar-refractivity contribution >= 4 is 21.4 Å². The highest BCUT2D eigenvalue weighted by molar-refractivity contribution is 7.90. The summed E-state index contributed by atoms with van der Waals surface area (Å²) in [5, 5.41) is 6.19. The molecule has 0 saturated carbocycles. The highest BCUT2D eigenvalue weighted by atomic mass is 32.2. The Labute approximate surface area is 222 Å². The first-order valence-corrected chi connectivity index (χ1v) is 14.5. The highest BCUT2D eigenvalue weighted by Gasteiger charge is 2.22. The SMILES string of the molecule is C[C@H]1CO[C@H](CCc2c(F)cccc2NC(=O)C[C@H](c2ccc(S(C)(=O)=O)cc2)c2cccc(F)c2)CN1. The van der Waals surface area contributed by atoms with Crippen molar-refractivity contribution in [1.82, 2.24) is 5.32 Å². The number of nitrogens with one attached hydrogen (secondary N) is 2. The Morgan fingerprint density at radius 2 is 1.82 bits per heavy atom. The summed E-state index contributed by atoms with van der Waals surface area (Å²) in [6, 6.07) is 17.0. The third-order valence-electron chi connectivity index (χ3n) is 6.74. The van der Waals surface area contributed by atoms with Gasteiger partial charge in [0.15, 0.2) is 9.84 Å². The van der Waals surface area contributed by atoms with Gasteiger partial charge in [-0.2, -0.15) is 0 Å². The highest BCUT2D eigenvalue weighted by Crippen LogP contribution is 2.31. The van der Waals surface area contributed by atoms with Gasteiger partial charge in [0.2, 0.25) is 5.91 Å². The maximum Gasteiger partial charge on any atom is 0.225 e. The molecular weight excluding hydrogens is 510 g/mol. The van der Waals surface area contributed by atoms with Crippen molar-refractivity contribution in [2.45, 2.75) is 49.1 Å². The van der Waals surface area contributed by atoms with Crippen molar-refractivity contribution in [3.05, 3.63) is 95.1 Å². The van der Waals surface area contributed by atoms with Crippen LogP contribution in [0.25, 0.3) is 0 Å². The standard InChI is InChI=1S/C29H32F2N2O4S/c1-19-18-37-23(17-32-19)11-14-25-27(31)7-4-8-28(25)33-29(34)16-26(21-5-3-6-22(30)15-21)20-9-12-24(13-10-20)38(2,35)36/h3-10,12-13,15,19,23,26,32H,11,14,16-18H2,1-2H3,(H,33,34)/t19-,23+,26+/m0/s1. The molecule has 38 heavy (non-hydrogen) atoms. The van der Waals surface area contributed by atoms with Crippen LogP contribution in [0.3, 0.4) is 0 Å². The van der Waals surface area contributed by atoms with E-state index >= 15 is 0 Å². The van der Waals surface area contributed by atoms with Crippen molar-refractivity contribution < 1.29 is 26.7 Å². The van der Waals surface area contributed by atoms with Crippen LogP contribution in [-0.4, -0.2) is 45.9 Å². The van der Waals surface area contributed by atoms with Gasteiger partial charge in [0.25, 0.3) is 0 Å². The molecule has 1 aliphatic rings. The van der Waals surface area contributed by atoms with Crippen LogP contribution < -0.4 is 10.6 Å². The second-order valence-corrected chi connectivity index (χ2v) is 11.8. The molecule has 1 amide bonds. The second-order valence-electron chi connectivity index (χ2n) is 9.77. The van der Waals surface area contributed by atoms with Gasteiger partial charge in [-0.05, 0) is 67.3 Å². The summed E-state index contributed by atoms with van der Waals surface area (Å²) in [6.45, 7) is 3.32. The molecule has 4 rings (SSSR count). The molecule has 1 fully saturated rings. The normalized spacial score (nSPS) is 18.6. The van der Waals surface area contributed by atoms with E-state index in [0.717, 1.165) is 6.26 Å². The van der Waals surface area contributed by atoms with Gasteiger partial charge in [-0.25, -0.2) is 17.2 Å². The van der Waals surface area contributed by atoms with Gasteiger partial charge < -0.3 is 15.4 Å². The maximum absolute atomic E-state index is 14.8. The van der Waals surface area contributed by atoms with Crippen LogP contribution in [0.1, 0.15) is 42.4 Å². The lowest BCUT2D eigenvalue weighted by atomic mass is 9.88. The monoisotopic (exact) mass is 542 g/mol. The Bertz CT molecular complexity index is 1370. The van der Waals surface area contributed by atoms with Crippen LogP contribution in [0.2, 0.25) is 0 Å². The molecule has 1 heterocycles. The van der Waals surface area contributed by atoms with E-state index in [9.17, 15) is 22.0 Å². The number of hydrogen-bond donors (Lipinski definition) is 2. The molecule has 0 aliphatic carbocycles. The summed E-state index contributed by atoms with van der Waals surface area (Å²) in [4.78, 5) is 13.4. The van der Waals surface area contributed by atoms with Gasteiger partial charge >= 0.3 is 0 Å². The zero-order valence-electron chi connectivity index (χ0n) is 21.4. The number of ether oxygens (including phenoxy) is 1. The average Bonchev–Trinajstić information content (AvgIpc) is 2.87. The molecule has 3 atom stereocenters. The zero-order chi connectivity index (χ0) is 27.3. The summed E-state index contributed by atoms with van der Waals surface area (Å²) in [5.74, 6) is -1.76. The van der Waals surface area contributed by atoms with Crippen LogP contribution in [0, 0.1) is 11.6 Å². The Morgan fingerprint density at radius 3 is 2.47 bits per heavy atom. The topological polar surface area (TPSA) is 84.5 Å². The molecule has 1 aliphatic heterocycles. The predicted octanol–water partition coefficient (Wildman–Crippen LogP) is 4.84. The van der Waals surface area contributed by atoms with E-state index < -0.39 is 27.4 Å². The minimum atomic E-state index is -3.39. The Hall–Kier alpha value is -3.14. The lowest BCUT2D eigenvalue weighted by molar-refractivity contribution is -0.116. The van der Waals surface area contributed by atoms with E-state index in [1.807, 2.05) is 6.92 Å². The van der Waals surface area contributed by atoms with Crippen LogP contribution in [0.5, 0.6) is 0 Å². The Kier molecular flexibility index (Phi) is 8.91. The zero-order valence-corrected chi connectivity index (χ0v) is 22.2. The molecule has 0 unspecified atom stereocenters. The first kappa shape index (κ1) is 27.9. The molecule has 2 N–H and O–H groups in total. The van der Waals surface area contributed by atoms with Gasteiger partial charge in [-0.1, -0.05) is 30.3 Å². The summed E-state index contributed by atoms with van der Waals surface area (Å²) >= 11 is 0. The molecule has 6 nitrogen and oxygen atoms in total. The van der Waals surface area contributed by atoms with Gasteiger partial charge in [0.1, 0.15) is 11.6 Å². The number of carbonyl (C=O) groups is 1. The average molecular weight is 543 g/mol. The van der Waals surface area contributed by atoms with E-state index in [1.54, 1.807) is 36.4 Å². The van der Waals surface area contributed by atoms with Crippen LogP contribution in [0.4, 0.5) is 14.5 Å². The number of sulfone groups is 1. The molecule has 0 aromatic heterocycles. The van der Waals surface area contributed by atoms with Crippen LogP contribution in [-0.2, 0) is 25.8 Å². The smallest absolute Gasteiger partial charge is 0.225 e. The molecule has 3 aromatic carbocycles.